The molecule has 0 spiro atoms. The molecular formula is C21H22ClN3O4. The smallest absolute Gasteiger partial charge is 0.319 e. The molecule has 0 aliphatic heterocycles. The summed E-state index contributed by atoms with van der Waals surface area (Å²) in [7, 11) is 1.61. The van der Waals surface area contributed by atoms with Crippen molar-refractivity contribution >= 4 is 23.3 Å². The monoisotopic (exact) mass is 415 g/mol. The molecule has 3 rings (SSSR count). The number of hydrogen-bond donors (Lipinski definition) is 3. The molecule has 0 unspecified atom stereocenters. The number of benzene rings is 2. The van der Waals surface area contributed by atoms with Crippen LogP contribution in [0.25, 0.3) is 0 Å². The highest BCUT2D eigenvalue weighted by Crippen LogP contribution is 2.21. The molecule has 2 amide bonds. The lowest BCUT2D eigenvalue weighted by Crippen LogP contribution is -2.34. The first-order valence-electron chi connectivity index (χ1n) is 9.09. The zero-order valence-corrected chi connectivity index (χ0v) is 16.6. The van der Waals surface area contributed by atoms with Crippen LogP contribution in [0.3, 0.4) is 0 Å². The second kappa shape index (κ2) is 9.95. The summed E-state index contributed by atoms with van der Waals surface area (Å²) in [6.45, 7) is -0.0394. The van der Waals surface area contributed by atoms with E-state index in [4.69, 9.17) is 26.0 Å². The summed E-state index contributed by atoms with van der Waals surface area (Å²) >= 11 is 5.88. The number of hydrogen-bond acceptors (Lipinski definition) is 5. The number of carbonyl (C=O) groups excluding carboxylic acids is 1. The highest BCUT2D eigenvalue weighted by molar-refractivity contribution is 6.30. The van der Waals surface area contributed by atoms with E-state index in [1.54, 1.807) is 37.4 Å². The number of rotatable bonds is 8. The topological polar surface area (TPSA) is 96.6 Å². The summed E-state index contributed by atoms with van der Waals surface area (Å²) in [6.07, 6.45) is 0.863. The van der Waals surface area contributed by atoms with Crippen LogP contribution in [0.15, 0.2) is 59.1 Å². The maximum atomic E-state index is 12.5. The Hall–Kier alpha value is -3.03. The maximum Gasteiger partial charge on any atom is 0.319 e. The van der Waals surface area contributed by atoms with Crippen molar-refractivity contribution in [3.63, 3.8) is 0 Å². The number of ether oxygens (including phenoxy) is 1. The normalized spacial score (nSPS) is 11.7. The summed E-state index contributed by atoms with van der Waals surface area (Å²) < 4.78 is 10.4. The van der Waals surface area contributed by atoms with E-state index >= 15 is 0 Å². The van der Waals surface area contributed by atoms with E-state index in [0.29, 0.717) is 35.0 Å². The molecule has 0 fully saturated rings. The molecule has 1 atom stereocenters. The second-order valence-corrected chi connectivity index (χ2v) is 6.84. The fourth-order valence-electron chi connectivity index (χ4n) is 2.81. The van der Waals surface area contributed by atoms with Crippen LogP contribution < -0.4 is 15.4 Å². The average Bonchev–Trinajstić information content (AvgIpc) is 3.19. The Morgan fingerprint density at radius 1 is 1.21 bits per heavy atom. The molecule has 3 N–H and O–H groups in total. The molecule has 152 valence electrons. The van der Waals surface area contributed by atoms with Crippen molar-refractivity contribution in [3.05, 3.63) is 76.6 Å². The minimum absolute atomic E-state index is 0.0394. The Balaban J connectivity index is 1.75. The van der Waals surface area contributed by atoms with E-state index in [2.05, 4.69) is 15.8 Å². The molecule has 0 radical (unpaired) electrons. The van der Waals surface area contributed by atoms with Gasteiger partial charge in [-0.2, -0.15) is 0 Å². The zero-order chi connectivity index (χ0) is 20.6. The van der Waals surface area contributed by atoms with Crippen molar-refractivity contribution in [3.8, 4) is 5.75 Å². The number of carbonyl (C=O) groups is 1. The highest BCUT2D eigenvalue weighted by Gasteiger charge is 2.20. The maximum absolute atomic E-state index is 12.5. The van der Waals surface area contributed by atoms with Gasteiger partial charge < -0.3 is 25.0 Å². The van der Waals surface area contributed by atoms with Gasteiger partial charge in [-0.3, -0.25) is 0 Å². The van der Waals surface area contributed by atoms with E-state index in [0.717, 1.165) is 11.3 Å². The third-order valence-corrected chi connectivity index (χ3v) is 4.55. The molecular weight excluding hydrogens is 394 g/mol. The van der Waals surface area contributed by atoms with Crippen molar-refractivity contribution in [2.24, 2.45) is 0 Å². The number of aromatic nitrogens is 1. The summed E-state index contributed by atoms with van der Waals surface area (Å²) in [5.74, 6) is 1.31. The van der Waals surface area contributed by atoms with Crippen LogP contribution in [-0.2, 0) is 12.8 Å². The third kappa shape index (κ3) is 5.97. The van der Waals surface area contributed by atoms with Crippen LogP contribution in [0, 0.1) is 0 Å². The fourth-order valence-corrected chi connectivity index (χ4v) is 2.93. The van der Waals surface area contributed by atoms with Crippen molar-refractivity contribution in [1.82, 2.24) is 10.5 Å². The quantitative estimate of drug-likeness (QED) is 0.517. The van der Waals surface area contributed by atoms with E-state index < -0.39 is 6.04 Å². The standard InChI is InChI=1S/C21H22ClN3O4/c1-28-17-8-2-14(3-9-17)12-19(20-13-18(10-11-26)29-25-20)24-21(27)23-16-6-4-15(22)5-7-16/h2-9,13,19,26H,10-12H2,1H3,(H2,23,24,27)/t19-/m0/s1. The van der Waals surface area contributed by atoms with Gasteiger partial charge in [-0.25, -0.2) is 4.79 Å². The number of halogens is 1. The summed E-state index contributed by atoms with van der Waals surface area (Å²) in [4.78, 5) is 12.5. The van der Waals surface area contributed by atoms with E-state index in [1.165, 1.54) is 0 Å². The Bertz CT molecular complexity index is 926. The fraction of sp³-hybridized carbons (Fsp3) is 0.238. The summed E-state index contributed by atoms with van der Waals surface area (Å²) in [5, 5.41) is 19.5. The number of aliphatic hydroxyl groups excluding tert-OH is 1. The van der Waals surface area contributed by atoms with Crippen molar-refractivity contribution in [1.29, 1.82) is 0 Å². The Kier molecular flexibility index (Phi) is 7.10. The van der Waals surface area contributed by atoms with Crippen LogP contribution >= 0.6 is 11.6 Å². The lowest BCUT2D eigenvalue weighted by Gasteiger charge is -2.17. The molecule has 29 heavy (non-hydrogen) atoms. The van der Waals surface area contributed by atoms with Gasteiger partial charge in [0.2, 0.25) is 0 Å². The van der Waals surface area contributed by atoms with Gasteiger partial charge in [-0.05, 0) is 48.4 Å². The van der Waals surface area contributed by atoms with Crippen LogP contribution in [0.4, 0.5) is 10.5 Å². The van der Waals surface area contributed by atoms with Gasteiger partial charge in [0.15, 0.2) is 0 Å². The Morgan fingerprint density at radius 2 is 1.93 bits per heavy atom. The number of nitrogens with zero attached hydrogens (tertiary/aromatic N) is 1. The molecule has 0 aliphatic carbocycles. The average molecular weight is 416 g/mol. The minimum atomic E-state index is -0.424. The zero-order valence-electron chi connectivity index (χ0n) is 15.9. The highest BCUT2D eigenvalue weighted by atomic mass is 35.5. The largest absolute Gasteiger partial charge is 0.497 e. The molecule has 0 saturated carbocycles. The number of amides is 2. The van der Waals surface area contributed by atoms with Crippen LogP contribution in [0.2, 0.25) is 5.02 Å². The summed E-state index contributed by atoms with van der Waals surface area (Å²) in [6, 6.07) is 15.4. The molecule has 0 bridgehead atoms. The molecule has 1 heterocycles. The van der Waals surface area contributed by atoms with Crippen LogP contribution in [0.1, 0.15) is 23.1 Å². The van der Waals surface area contributed by atoms with Gasteiger partial charge in [0.05, 0.1) is 19.8 Å². The lowest BCUT2D eigenvalue weighted by molar-refractivity contribution is 0.247. The SMILES string of the molecule is COc1ccc(C[C@H](NC(=O)Nc2ccc(Cl)cc2)c2cc(CCO)on2)cc1. The van der Waals surface area contributed by atoms with E-state index in [-0.39, 0.29) is 12.6 Å². The van der Waals surface area contributed by atoms with Gasteiger partial charge in [-0.1, -0.05) is 28.9 Å². The molecule has 2 aromatic carbocycles. The first kappa shape index (κ1) is 20.7. The first-order chi connectivity index (χ1) is 14.1. The number of aliphatic hydroxyl groups is 1. The van der Waals surface area contributed by atoms with Gasteiger partial charge in [0.25, 0.3) is 0 Å². The second-order valence-electron chi connectivity index (χ2n) is 6.40. The van der Waals surface area contributed by atoms with Gasteiger partial charge in [0, 0.05) is 23.2 Å². The van der Waals surface area contributed by atoms with Crippen molar-refractivity contribution in [2.45, 2.75) is 18.9 Å². The predicted molar refractivity (Wildman–Crippen MR) is 110 cm³/mol. The Morgan fingerprint density at radius 3 is 2.59 bits per heavy atom. The third-order valence-electron chi connectivity index (χ3n) is 4.30. The molecule has 3 aromatic rings. The number of nitrogens with one attached hydrogen (secondary N) is 2. The lowest BCUT2D eigenvalue weighted by atomic mass is 10.0. The van der Waals surface area contributed by atoms with Crippen LogP contribution in [0.5, 0.6) is 5.75 Å². The molecule has 7 nitrogen and oxygen atoms in total. The first-order valence-corrected chi connectivity index (χ1v) is 9.47. The van der Waals surface area contributed by atoms with Crippen molar-refractivity contribution in [2.75, 3.05) is 19.0 Å². The predicted octanol–water partition coefficient (Wildman–Crippen LogP) is 3.98. The molecule has 8 heteroatoms. The molecule has 0 saturated heterocycles. The van der Waals surface area contributed by atoms with E-state index in [9.17, 15) is 4.79 Å². The van der Waals surface area contributed by atoms with Gasteiger partial charge >= 0.3 is 6.03 Å². The van der Waals surface area contributed by atoms with E-state index in [1.807, 2.05) is 24.3 Å². The number of methoxy groups -OCH3 is 1. The Labute approximate surface area is 173 Å². The number of anilines is 1. The molecule has 1 aromatic heterocycles. The van der Waals surface area contributed by atoms with Crippen molar-refractivity contribution < 1.29 is 19.2 Å². The van der Waals surface area contributed by atoms with Crippen LogP contribution in [-0.4, -0.2) is 30.0 Å². The minimum Gasteiger partial charge on any atom is -0.497 e. The van der Waals surface area contributed by atoms with Gasteiger partial charge in [0.1, 0.15) is 17.2 Å². The number of urea groups is 1. The summed E-state index contributed by atoms with van der Waals surface area (Å²) in [5.41, 5.74) is 2.20. The van der Waals surface area contributed by atoms with Gasteiger partial charge in [-0.15, -0.1) is 0 Å². The molecule has 0 aliphatic rings.